The molecule has 2 aromatic heterocycles. The number of nitrogen functional groups attached to an aromatic ring is 1. The molecule has 3 rings (SSSR count). The highest BCUT2D eigenvalue weighted by atomic mass is 32.2. The topological polar surface area (TPSA) is 56.7 Å². The van der Waals surface area contributed by atoms with Crippen LogP contribution in [0.25, 0.3) is 10.9 Å². The third-order valence-corrected chi connectivity index (χ3v) is 3.96. The number of hydrogen-bond acceptors (Lipinski definition) is 4. The van der Waals surface area contributed by atoms with Crippen molar-refractivity contribution in [2.24, 2.45) is 7.05 Å². The van der Waals surface area contributed by atoms with Crippen LogP contribution in [-0.2, 0) is 12.8 Å². The summed E-state index contributed by atoms with van der Waals surface area (Å²) in [6, 6.07) is 12.1. The Morgan fingerprint density at radius 2 is 2.05 bits per heavy atom. The largest absolute Gasteiger partial charge is 0.384 e. The lowest BCUT2D eigenvalue weighted by Crippen LogP contribution is -1.91. The summed E-state index contributed by atoms with van der Waals surface area (Å²) in [7, 11) is 1.97. The van der Waals surface area contributed by atoms with E-state index < -0.39 is 0 Å². The Labute approximate surface area is 115 Å². The van der Waals surface area contributed by atoms with Gasteiger partial charge in [-0.05, 0) is 18.2 Å². The van der Waals surface area contributed by atoms with Gasteiger partial charge in [-0.2, -0.15) is 5.10 Å². The van der Waals surface area contributed by atoms with Crippen LogP contribution in [0, 0.1) is 0 Å². The number of aromatic nitrogens is 3. The van der Waals surface area contributed by atoms with E-state index >= 15 is 0 Å². The summed E-state index contributed by atoms with van der Waals surface area (Å²) in [5, 5.41) is 5.78. The van der Waals surface area contributed by atoms with Gasteiger partial charge < -0.3 is 5.73 Å². The first-order valence-electron chi connectivity index (χ1n) is 5.99. The molecule has 0 aliphatic heterocycles. The van der Waals surface area contributed by atoms with Crippen molar-refractivity contribution in [2.45, 2.75) is 10.6 Å². The Bertz CT molecular complexity index is 703. The Morgan fingerprint density at radius 3 is 2.84 bits per heavy atom. The molecule has 19 heavy (non-hydrogen) atoms. The molecule has 2 N–H and O–H groups in total. The molecular formula is C14H14N4S. The van der Waals surface area contributed by atoms with Crippen molar-refractivity contribution in [3.05, 3.63) is 48.3 Å². The van der Waals surface area contributed by atoms with E-state index in [9.17, 15) is 0 Å². The molecule has 1 aromatic carbocycles. The molecule has 2 heterocycles. The standard InChI is InChI=1S/C14H14N4S/c1-18-13-5-3-2-4-11(13)12(17-18)9-19-10-6-7-14(15)16-8-10/h2-8H,9H2,1H3,(H2,15,16). The van der Waals surface area contributed by atoms with Crippen LogP contribution < -0.4 is 5.73 Å². The zero-order valence-electron chi connectivity index (χ0n) is 10.6. The summed E-state index contributed by atoms with van der Waals surface area (Å²) in [6.07, 6.45) is 1.80. The lowest BCUT2D eigenvalue weighted by molar-refractivity contribution is 0.781. The van der Waals surface area contributed by atoms with Crippen LogP contribution in [0.3, 0.4) is 0 Å². The van der Waals surface area contributed by atoms with Crippen LogP contribution in [0.1, 0.15) is 5.69 Å². The molecule has 3 aromatic rings. The summed E-state index contributed by atoms with van der Waals surface area (Å²) >= 11 is 1.72. The van der Waals surface area contributed by atoms with Gasteiger partial charge in [0.05, 0.1) is 11.2 Å². The molecule has 4 nitrogen and oxygen atoms in total. The van der Waals surface area contributed by atoms with E-state index in [0.29, 0.717) is 5.82 Å². The molecule has 0 saturated carbocycles. The molecule has 0 fully saturated rings. The minimum Gasteiger partial charge on any atom is -0.384 e. The maximum absolute atomic E-state index is 5.58. The number of para-hydroxylation sites is 1. The van der Waals surface area contributed by atoms with Crippen LogP contribution >= 0.6 is 11.8 Å². The van der Waals surface area contributed by atoms with Gasteiger partial charge >= 0.3 is 0 Å². The van der Waals surface area contributed by atoms with Gasteiger partial charge in [0, 0.05) is 29.3 Å². The highest BCUT2D eigenvalue weighted by molar-refractivity contribution is 7.98. The van der Waals surface area contributed by atoms with E-state index in [-0.39, 0.29) is 0 Å². The first kappa shape index (κ1) is 12.0. The minimum atomic E-state index is 0.549. The number of thioether (sulfide) groups is 1. The second-order valence-corrected chi connectivity index (χ2v) is 5.34. The average molecular weight is 270 g/mol. The predicted molar refractivity (Wildman–Crippen MR) is 78.9 cm³/mol. The van der Waals surface area contributed by atoms with Gasteiger partial charge in [0.1, 0.15) is 5.82 Å². The maximum Gasteiger partial charge on any atom is 0.123 e. The molecule has 0 aliphatic carbocycles. The Morgan fingerprint density at radius 1 is 1.21 bits per heavy atom. The SMILES string of the molecule is Cn1nc(CSc2ccc(N)nc2)c2ccccc21. The maximum atomic E-state index is 5.58. The molecule has 0 unspecified atom stereocenters. The van der Waals surface area contributed by atoms with Crippen LogP contribution in [0.5, 0.6) is 0 Å². The number of benzene rings is 1. The highest BCUT2D eigenvalue weighted by Crippen LogP contribution is 2.26. The monoisotopic (exact) mass is 270 g/mol. The Kier molecular flexibility index (Phi) is 3.13. The van der Waals surface area contributed by atoms with E-state index in [1.54, 1.807) is 18.0 Å². The van der Waals surface area contributed by atoms with Crippen LogP contribution in [-0.4, -0.2) is 14.8 Å². The van der Waals surface area contributed by atoms with Crippen molar-refractivity contribution in [1.82, 2.24) is 14.8 Å². The molecule has 96 valence electrons. The second kappa shape index (κ2) is 4.93. The fourth-order valence-electron chi connectivity index (χ4n) is 2.02. The van der Waals surface area contributed by atoms with Crippen LogP contribution in [0.2, 0.25) is 0 Å². The van der Waals surface area contributed by atoms with Gasteiger partial charge in [0.25, 0.3) is 0 Å². The number of anilines is 1. The number of hydrogen-bond donors (Lipinski definition) is 1. The highest BCUT2D eigenvalue weighted by Gasteiger charge is 2.08. The van der Waals surface area contributed by atoms with E-state index in [4.69, 9.17) is 5.73 Å². The average Bonchev–Trinajstić information content (AvgIpc) is 2.76. The third kappa shape index (κ3) is 2.42. The lowest BCUT2D eigenvalue weighted by Gasteiger charge is -1.99. The number of aryl methyl sites for hydroxylation is 1. The van der Waals surface area contributed by atoms with E-state index in [2.05, 4.69) is 22.2 Å². The first-order valence-corrected chi connectivity index (χ1v) is 6.97. The zero-order valence-corrected chi connectivity index (χ0v) is 11.4. The van der Waals surface area contributed by atoms with Gasteiger partial charge in [-0.1, -0.05) is 18.2 Å². The normalized spacial score (nSPS) is 11.0. The summed E-state index contributed by atoms with van der Waals surface area (Å²) in [4.78, 5) is 5.19. The molecule has 0 saturated heterocycles. The van der Waals surface area contributed by atoms with Gasteiger partial charge in [-0.3, -0.25) is 4.68 Å². The fourth-order valence-corrected chi connectivity index (χ4v) is 2.83. The van der Waals surface area contributed by atoms with Crippen molar-refractivity contribution in [3.63, 3.8) is 0 Å². The number of pyridine rings is 1. The van der Waals surface area contributed by atoms with Gasteiger partial charge in [0.15, 0.2) is 0 Å². The molecule has 5 heteroatoms. The van der Waals surface area contributed by atoms with Crippen LogP contribution in [0.4, 0.5) is 5.82 Å². The molecular weight excluding hydrogens is 256 g/mol. The first-order chi connectivity index (χ1) is 9.24. The van der Waals surface area contributed by atoms with Crippen molar-refractivity contribution < 1.29 is 0 Å². The van der Waals surface area contributed by atoms with Crippen molar-refractivity contribution in [3.8, 4) is 0 Å². The van der Waals surface area contributed by atoms with E-state index in [1.165, 1.54) is 5.39 Å². The van der Waals surface area contributed by atoms with Crippen LogP contribution in [0.15, 0.2) is 47.5 Å². The summed E-state index contributed by atoms with van der Waals surface area (Å²) in [5.41, 5.74) is 7.83. The zero-order chi connectivity index (χ0) is 13.2. The smallest absolute Gasteiger partial charge is 0.123 e. The fraction of sp³-hybridized carbons (Fsp3) is 0.143. The van der Waals surface area contributed by atoms with E-state index in [1.807, 2.05) is 36.0 Å². The number of rotatable bonds is 3. The molecule has 0 aliphatic rings. The number of nitrogens with two attached hydrogens (primary N) is 1. The Hall–Kier alpha value is -2.01. The summed E-state index contributed by atoms with van der Waals surface area (Å²) in [6.45, 7) is 0. The summed E-state index contributed by atoms with van der Waals surface area (Å²) < 4.78 is 1.92. The lowest BCUT2D eigenvalue weighted by atomic mass is 10.2. The van der Waals surface area contributed by atoms with Gasteiger partial charge in [-0.25, -0.2) is 4.98 Å². The third-order valence-electron chi connectivity index (χ3n) is 2.97. The summed E-state index contributed by atoms with van der Waals surface area (Å²) in [5.74, 6) is 1.38. The quantitative estimate of drug-likeness (QED) is 0.743. The number of fused-ring (bicyclic) bond motifs is 1. The van der Waals surface area contributed by atoms with Gasteiger partial charge in [0.2, 0.25) is 0 Å². The molecule has 0 radical (unpaired) electrons. The molecule has 0 spiro atoms. The van der Waals surface area contributed by atoms with Crippen molar-refractivity contribution in [1.29, 1.82) is 0 Å². The molecule has 0 bridgehead atoms. The number of nitrogens with zero attached hydrogens (tertiary/aromatic N) is 3. The van der Waals surface area contributed by atoms with Crippen molar-refractivity contribution in [2.75, 3.05) is 5.73 Å². The van der Waals surface area contributed by atoms with E-state index in [0.717, 1.165) is 21.9 Å². The minimum absolute atomic E-state index is 0.549. The Balaban J connectivity index is 1.84. The van der Waals surface area contributed by atoms with Crippen molar-refractivity contribution >= 4 is 28.5 Å². The molecule has 0 atom stereocenters. The van der Waals surface area contributed by atoms with Gasteiger partial charge in [-0.15, -0.1) is 11.8 Å². The second-order valence-electron chi connectivity index (χ2n) is 4.29. The molecule has 0 amide bonds. The predicted octanol–water partition coefficient (Wildman–Crippen LogP) is 2.84.